The average molecular weight is 251 g/mol. The Bertz CT molecular complexity index is 339. The van der Waals surface area contributed by atoms with E-state index in [9.17, 15) is 13.0 Å². The Morgan fingerprint density at radius 1 is 1.06 bits per heavy atom. The molecule has 16 heavy (non-hydrogen) atoms. The predicted molar refractivity (Wildman–Crippen MR) is 61.4 cm³/mol. The second-order valence-corrected chi connectivity index (χ2v) is 7.51. The minimum absolute atomic E-state index is 0.0785. The molecule has 94 valence electrons. The van der Waals surface area contributed by atoms with E-state index in [1.165, 1.54) is 0 Å². The highest BCUT2D eigenvalue weighted by atomic mass is 32.2. The first-order valence-electron chi connectivity index (χ1n) is 6.09. The van der Waals surface area contributed by atoms with E-state index in [1.54, 1.807) is 0 Å². The molecular weight excluding hydrogens is 232 g/mol. The van der Waals surface area contributed by atoms with Gasteiger partial charge in [-0.05, 0) is 25.7 Å². The number of alkyl halides is 2. The van der Waals surface area contributed by atoms with E-state index in [4.69, 9.17) is 0 Å². The molecule has 0 N–H and O–H groups in total. The highest BCUT2D eigenvalue weighted by Crippen LogP contribution is 2.35. The van der Waals surface area contributed by atoms with Gasteiger partial charge in [0.1, 0.15) is 0 Å². The molecule has 0 unspecified atom stereocenters. The van der Waals surface area contributed by atoms with Gasteiger partial charge in [-0.1, -0.05) is 6.42 Å². The zero-order valence-electron chi connectivity index (χ0n) is 9.46. The number of halogens is 2. The van der Waals surface area contributed by atoms with Crippen molar-refractivity contribution in [1.82, 2.24) is 0 Å². The molecule has 0 aromatic carbocycles. The number of hydrogen-bond acceptors (Lipinski definition) is 2. The third-order valence-corrected chi connectivity index (χ3v) is 5.99. The van der Waals surface area contributed by atoms with Crippen LogP contribution in [0.2, 0.25) is 0 Å². The van der Waals surface area contributed by atoms with Crippen molar-refractivity contribution in [1.29, 1.82) is 0 Å². The molecule has 1 saturated carbocycles. The molecule has 2 aliphatic rings. The Morgan fingerprint density at radius 3 is 2.19 bits per heavy atom. The van der Waals surface area contributed by atoms with E-state index in [0.717, 1.165) is 19.3 Å². The molecule has 1 aliphatic carbocycles. The molecule has 0 radical (unpaired) electrons. The average Bonchev–Trinajstić information content (AvgIpc) is 2.22. The Balaban J connectivity index is 1.99. The molecular formula is C11H19F2NOS. The van der Waals surface area contributed by atoms with Gasteiger partial charge in [-0.25, -0.2) is 17.4 Å². The van der Waals surface area contributed by atoms with Gasteiger partial charge < -0.3 is 0 Å². The number of rotatable bonds is 1. The number of nitrogens with zero attached hydrogens (tertiary/aromatic N) is 1. The molecule has 0 spiro atoms. The lowest BCUT2D eigenvalue weighted by atomic mass is 9.93. The summed E-state index contributed by atoms with van der Waals surface area (Å²) in [5, 5.41) is 0. The summed E-state index contributed by atoms with van der Waals surface area (Å²) in [6.07, 6.45) is 3.73. The summed E-state index contributed by atoms with van der Waals surface area (Å²) in [6.45, 7) is 0. The molecule has 5 heteroatoms. The van der Waals surface area contributed by atoms with Gasteiger partial charge in [0.15, 0.2) is 0 Å². The molecule has 0 bridgehead atoms. The lowest BCUT2D eigenvalue weighted by Crippen LogP contribution is -2.28. The van der Waals surface area contributed by atoms with Crippen LogP contribution in [0.5, 0.6) is 0 Å². The smallest absolute Gasteiger partial charge is 0.248 e. The van der Waals surface area contributed by atoms with Gasteiger partial charge in [0, 0.05) is 34.1 Å². The first-order valence-corrected chi connectivity index (χ1v) is 7.94. The maximum Gasteiger partial charge on any atom is 0.248 e. The summed E-state index contributed by atoms with van der Waals surface area (Å²) in [5.41, 5.74) is 0. The second-order valence-electron chi connectivity index (χ2n) is 4.93. The van der Waals surface area contributed by atoms with Crippen molar-refractivity contribution in [3.8, 4) is 0 Å². The van der Waals surface area contributed by atoms with Crippen LogP contribution in [0.25, 0.3) is 0 Å². The van der Waals surface area contributed by atoms with Gasteiger partial charge in [0.2, 0.25) is 5.92 Å². The van der Waals surface area contributed by atoms with Crippen molar-refractivity contribution in [3.63, 3.8) is 0 Å². The third kappa shape index (κ3) is 3.15. The summed E-state index contributed by atoms with van der Waals surface area (Å²) in [7, 11) is -2.05. The maximum atomic E-state index is 12.9. The topological polar surface area (TPSA) is 29.4 Å². The van der Waals surface area contributed by atoms with Crippen LogP contribution in [0.1, 0.15) is 44.9 Å². The van der Waals surface area contributed by atoms with E-state index >= 15 is 0 Å². The molecule has 1 saturated heterocycles. The van der Waals surface area contributed by atoms with Gasteiger partial charge in [-0.15, -0.1) is 0 Å². The summed E-state index contributed by atoms with van der Waals surface area (Å²) in [5.74, 6) is -1.15. The zero-order valence-corrected chi connectivity index (χ0v) is 10.3. The Kier molecular flexibility index (Phi) is 3.52. The van der Waals surface area contributed by atoms with Crippen molar-refractivity contribution in [2.45, 2.75) is 56.9 Å². The van der Waals surface area contributed by atoms with Crippen LogP contribution in [-0.2, 0) is 9.73 Å². The van der Waals surface area contributed by atoms with Crippen LogP contribution in [0.4, 0.5) is 8.78 Å². The van der Waals surface area contributed by atoms with Gasteiger partial charge in [0.05, 0.1) is 6.04 Å². The molecule has 0 amide bonds. The zero-order chi connectivity index (χ0) is 11.6. The second kappa shape index (κ2) is 4.59. The summed E-state index contributed by atoms with van der Waals surface area (Å²) in [4.78, 5) is 0. The lowest BCUT2D eigenvalue weighted by Gasteiger charge is -2.27. The summed E-state index contributed by atoms with van der Waals surface area (Å²) in [6, 6.07) is -0.0785. The molecule has 1 aliphatic heterocycles. The first kappa shape index (κ1) is 12.3. The lowest BCUT2D eigenvalue weighted by molar-refractivity contribution is -0.0372. The Hall–Kier alpha value is -0.190. The standard InChI is InChI=1S/C11H19F2NOS/c12-11(13)6-4-10(5-7-11)14-16(15)8-2-1-3-9-16/h10H,1-9H2. The van der Waals surface area contributed by atoms with E-state index in [0.29, 0.717) is 24.3 Å². The van der Waals surface area contributed by atoms with Gasteiger partial charge in [0.25, 0.3) is 0 Å². The molecule has 2 rings (SSSR count). The van der Waals surface area contributed by atoms with E-state index in [1.807, 2.05) is 0 Å². The van der Waals surface area contributed by atoms with Crippen molar-refractivity contribution < 1.29 is 13.0 Å². The molecule has 2 fully saturated rings. The van der Waals surface area contributed by atoms with Crippen LogP contribution in [0, 0.1) is 0 Å². The Labute approximate surface area is 96.0 Å². The monoisotopic (exact) mass is 251 g/mol. The van der Waals surface area contributed by atoms with Crippen LogP contribution in [0.3, 0.4) is 0 Å². The van der Waals surface area contributed by atoms with Gasteiger partial charge >= 0.3 is 0 Å². The van der Waals surface area contributed by atoms with Crippen molar-refractivity contribution in [2.24, 2.45) is 4.36 Å². The molecule has 0 aromatic rings. The maximum absolute atomic E-state index is 12.9. The third-order valence-electron chi connectivity index (χ3n) is 3.45. The molecule has 2 nitrogen and oxygen atoms in total. The quantitative estimate of drug-likeness (QED) is 0.703. The minimum atomic E-state index is -2.51. The molecule has 1 heterocycles. The minimum Gasteiger partial charge on any atom is -0.250 e. The van der Waals surface area contributed by atoms with E-state index in [-0.39, 0.29) is 18.9 Å². The van der Waals surface area contributed by atoms with Crippen molar-refractivity contribution in [3.05, 3.63) is 0 Å². The fourth-order valence-corrected chi connectivity index (χ4v) is 4.92. The van der Waals surface area contributed by atoms with E-state index < -0.39 is 15.7 Å². The van der Waals surface area contributed by atoms with Crippen molar-refractivity contribution in [2.75, 3.05) is 11.5 Å². The predicted octanol–water partition coefficient (Wildman–Crippen LogP) is 3.22. The summed E-state index contributed by atoms with van der Waals surface area (Å²) >= 11 is 0. The Morgan fingerprint density at radius 2 is 1.62 bits per heavy atom. The van der Waals surface area contributed by atoms with Crippen LogP contribution in [-0.4, -0.2) is 27.7 Å². The summed E-state index contributed by atoms with van der Waals surface area (Å²) < 4.78 is 42.5. The highest BCUT2D eigenvalue weighted by Gasteiger charge is 2.35. The van der Waals surface area contributed by atoms with Crippen molar-refractivity contribution >= 4 is 9.73 Å². The van der Waals surface area contributed by atoms with Crippen LogP contribution < -0.4 is 0 Å². The fourth-order valence-electron chi connectivity index (χ4n) is 2.44. The normalized spacial score (nSPS) is 29.9. The van der Waals surface area contributed by atoms with Gasteiger partial charge in [-0.3, -0.25) is 0 Å². The SMILES string of the molecule is O=S1(=NC2CCC(F)(F)CC2)CCCCC1. The van der Waals surface area contributed by atoms with Crippen LogP contribution in [0.15, 0.2) is 4.36 Å². The fraction of sp³-hybridized carbons (Fsp3) is 1.00. The van der Waals surface area contributed by atoms with Gasteiger partial charge in [-0.2, -0.15) is 0 Å². The first-order chi connectivity index (χ1) is 7.49. The highest BCUT2D eigenvalue weighted by molar-refractivity contribution is 7.93. The molecule has 0 aromatic heterocycles. The largest absolute Gasteiger partial charge is 0.250 e. The number of hydrogen-bond donors (Lipinski definition) is 0. The molecule has 0 atom stereocenters. The van der Waals surface area contributed by atoms with E-state index in [2.05, 4.69) is 4.36 Å². The van der Waals surface area contributed by atoms with Crippen LogP contribution >= 0.6 is 0 Å².